The first-order valence-corrected chi connectivity index (χ1v) is 8.05. The Morgan fingerprint density at radius 2 is 0.808 bits per heavy atom. The van der Waals surface area contributed by atoms with Crippen molar-refractivity contribution in [2.45, 2.75) is 6.92 Å². The molecule has 0 saturated heterocycles. The van der Waals surface area contributed by atoms with Crippen molar-refractivity contribution in [2.75, 3.05) is 0 Å². The van der Waals surface area contributed by atoms with E-state index in [2.05, 4.69) is 0 Å². The summed E-state index contributed by atoms with van der Waals surface area (Å²) in [5.74, 6) is -1.37. The van der Waals surface area contributed by atoms with Gasteiger partial charge in [-0.25, -0.2) is 4.79 Å². The van der Waals surface area contributed by atoms with Crippen LogP contribution in [0.2, 0.25) is 0 Å². The predicted octanol–water partition coefficient (Wildman–Crippen LogP) is 4.16. The number of aromatic carboxylic acids is 1. The summed E-state index contributed by atoms with van der Waals surface area (Å²) >= 11 is 0. The fourth-order valence-corrected chi connectivity index (χ4v) is 2.58. The number of carboxylic acid groups (broad SMARTS) is 1. The summed E-state index contributed by atoms with van der Waals surface area (Å²) in [7, 11) is 0. The van der Waals surface area contributed by atoms with Crippen LogP contribution < -0.4 is 0 Å². The molecule has 4 heteroatoms. The number of hydrogen-bond donors (Lipinski definition) is 1. The zero-order valence-corrected chi connectivity index (χ0v) is 14.1. The van der Waals surface area contributed by atoms with Gasteiger partial charge < -0.3 is 5.11 Å². The van der Waals surface area contributed by atoms with Crippen molar-refractivity contribution in [3.63, 3.8) is 0 Å². The second kappa shape index (κ2) is 7.15. The maximum Gasteiger partial charge on any atom is 0.335 e. The number of rotatable bonds is 5. The molecular weight excluding hydrogens is 328 g/mol. The average molecular weight is 344 g/mol. The third kappa shape index (κ3) is 3.59. The van der Waals surface area contributed by atoms with Gasteiger partial charge in [0.15, 0.2) is 11.6 Å². The molecule has 0 heterocycles. The monoisotopic (exact) mass is 344 g/mol. The van der Waals surface area contributed by atoms with Crippen molar-refractivity contribution >= 4 is 17.5 Å². The van der Waals surface area contributed by atoms with Crippen LogP contribution in [0, 0.1) is 6.92 Å². The zero-order valence-electron chi connectivity index (χ0n) is 14.1. The Hall–Kier alpha value is -3.53. The van der Waals surface area contributed by atoms with Gasteiger partial charge in [-0.1, -0.05) is 66.2 Å². The van der Waals surface area contributed by atoms with Gasteiger partial charge in [0, 0.05) is 22.3 Å². The quantitative estimate of drug-likeness (QED) is 0.706. The van der Waals surface area contributed by atoms with E-state index in [9.17, 15) is 14.4 Å². The number of carbonyl (C=O) groups is 3. The largest absolute Gasteiger partial charge is 0.478 e. The minimum atomic E-state index is -1.04. The Morgan fingerprint density at radius 3 is 1.12 bits per heavy atom. The maximum absolute atomic E-state index is 12.5. The molecule has 3 aromatic rings. The van der Waals surface area contributed by atoms with Crippen LogP contribution in [0.4, 0.5) is 0 Å². The minimum absolute atomic E-state index is 0.102. The normalized spacial score (nSPS) is 10.3. The number of carbonyl (C=O) groups excluding carboxylic acids is 2. The van der Waals surface area contributed by atoms with Gasteiger partial charge in [0.2, 0.25) is 0 Å². The first-order chi connectivity index (χ1) is 12.5. The Labute approximate surface area is 150 Å². The van der Waals surface area contributed by atoms with Crippen LogP contribution in [0.1, 0.15) is 47.8 Å². The minimum Gasteiger partial charge on any atom is -0.478 e. The van der Waals surface area contributed by atoms with Gasteiger partial charge in [-0.2, -0.15) is 0 Å². The highest BCUT2D eigenvalue weighted by molar-refractivity contribution is 6.11. The summed E-state index contributed by atoms with van der Waals surface area (Å²) in [6.45, 7) is 1.96. The molecule has 4 nitrogen and oxygen atoms in total. The molecule has 0 unspecified atom stereocenters. The number of aryl methyl sites for hydroxylation is 1. The zero-order chi connectivity index (χ0) is 18.7. The molecule has 0 amide bonds. The molecule has 1 N–H and O–H groups in total. The van der Waals surface area contributed by atoms with Crippen molar-refractivity contribution in [3.05, 3.63) is 106 Å². The lowest BCUT2D eigenvalue weighted by molar-refractivity contribution is 0.0696. The molecule has 0 saturated carbocycles. The Balaban J connectivity index is 1.80. The molecule has 0 radical (unpaired) electrons. The van der Waals surface area contributed by atoms with Gasteiger partial charge in [0.1, 0.15) is 0 Å². The number of ketones is 2. The third-order valence-corrected chi connectivity index (χ3v) is 4.12. The third-order valence-electron chi connectivity index (χ3n) is 4.12. The van der Waals surface area contributed by atoms with Crippen LogP contribution in [-0.4, -0.2) is 22.6 Å². The second-order valence-electron chi connectivity index (χ2n) is 5.98. The maximum atomic E-state index is 12.5. The molecule has 0 fully saturated rings. The highest BCUT2D eigenvalue weighted by atomic mass is 16.4. The number of hydrogen-bond acceptors (Lipinski definition) is 3. The van der Waals surface area contributed by atoms with Crippen LogP contribution in [0.25, 0.3) is 0 Å². The summed E-state index contributed by atoms with van der Waals surface area (Å²) in [5.41, 5.74) is 3.14. The Morgan fingerprint density at radius 1 is 0.538 bits per heavy atom. The van der Waals surface area contributed by atoms with Crippen LogP contribution >= 0.6 is 0 Å². The molecule has 0 atom stereocenters. The van der Waals surface area contributed by atoms with Gasteiger partial charge in [-0.15, -0.1) is 0 Å². The molecule has 0 spiro atoms. The van der Waals surface area contributed by atoms with E-state index in [4.69, 9.17) is 5.11 Å². The molecule has 0 aliphatic heterocycles. The van der Waals surface area contributed by atoms with Gasteiger partial charge in [-0.3, -0.25) is 9.59 Å². The summed E-state index contributed by atoms with van der Waals surface area (Å²) in [6.07, 6.45) is 0. The molecule has 0 aliphatic rings. The summed E-state index contributed by atoms with van der Waals surface area (Å²) < 4.78 is 0. The lowest BCUT2D eigenvalue weighted by Crippen LogP contribution is -2.05. The van der Waals surface area contributed by atoms with Crippen molar-refractivity contribution in [3.8, 4) is 0 Å². The molecule has 0 bridgehead atoms. The van der Waals surface area contributed by atoms with Crippen LogP contribution in [0.5, 0.6) is 0 Å². The van der Waals surface area contributed by atoms with E-state index in [1.54, 1.807) is 36.4 Å². The Bertz CT molecular complexity index is 966. The van der Waals surface area contributed by atoms with Crippen molar-refractivity contribution in [2.24, 2.45) is 0 Å². The van der Waals surface area contributed by atoms with Crippen molar-refractivity contribution in [1.82, 2.24) is 0 Å². The van der Waals surface area contributed by atoms with E-state index in [1.165, 1.54) is 24.3 Å². The van der Waals surface area contributed by atoms with E-state index in [0.717, 1.165) is 5.56 Å². The van der Waals surface area contributed by atoms with E-state index in [0.29, 0.717) is 22.3 Å². The number of carboxylic acids is 1. The first kappa shape index (κ1) is 17.3. The fourth-order valence-electron chi connectivity index (χ4n) is 2.58. The smallest absolute Gasteiger partial charge is 0.335 e. The van der Waals surface area contributed by atoms with Gasteiger partial charge in [-0.05, 0) is 19.1 Å². The predicted molar refractivity (Wildman–Crippen MR) is 97.9 cm³/mol. The lowest BCUT2D eigenvalue weighted by atomic mass is 9.98. The molecule has 3 aromatic carbocycles. The van der Waals surface area contributed by atoms with E-state index >= 15 is 0 Å². The van der Waals surface area contributed by atoms with Crippen LogP contribution in [-0.2, 0) is 0 Å². The average Bonchev–Trinajstić information content (AvgIpc) is 2.67. The van der Waals surface area contributed by atoms with E-state index < -0.39 is 5.97 Å². The van der Waals surface area contributed by atoms with Crippen LogP contribution in [0.3, 0.4) is 0 Å². The van der Waals surface area contributed by atoms with Gasteiger partial charge in [0.25, 0.3) is 0 Å². The van der Waals surface area contributed by atoms with E-state index in [-0.39, 0.29) is 17.1 Å². The lowest BCUT2D eigenvalue weighted by Gasteiger charge is -2.05. The van der Waals surface area contributed by atoms with Crippen LogP contribution in [0.15, 0.2) is 72.8 Å². The molecule has 0 aromatic heterocycles. The van der Waals surface area contributed by atoms with E-state index in [1.807, 2.05) is 19.1 Å². The highest BCUT2D eigenvalue weighted by Gasteiger charge is 2.13. The van der Waals surface area contributed by atoms with Gasteiger partial charge in [0.05, 0.1) is 5.56 Å². The van der Waals surface area contributed by atoms with Gasteiger partial charge >= 0.3 is 5.97 Å². The first-order valence-electron chi connectivity index (χ1n) is 8.05. The second-order valence-corrected chi connectivity index (χ2v) is 5.98. The summed E-state index contributed by atoms with van der Waals surface area (Å²) in [5, 5.41) is 8.91. The van der Waals surface area contributed by atoms with Crippen molar-refractivity contribution in [1.29, 1.82) is 0 Å². The highest BCUT2D eigenvalue weighted by Crippen LogP contribution is 2.15. The standard InChI is InChI=1S/C22H16O4/c1-14-2-4-15(5-3-14)20(23)16-6-8-17(9-7-16)21(24)18-10-12-19(13-11-18)22(25)26/h2-13H,1H3,(H,25,26). The Kier molecular flexibility index (Phi) is 4.76. The molecule has 0 aliphatic carbocycles. The summed E-state index contributed by atoms with van der Waals surface area (Å²) in [6, 6.07) is 19.5. The van der Waals surface area contributed by atoms with Crippen molar-refractivity contribution < 1.29 is 19.5 Å². The summed E-state index contributed by atoms with van der Waals surface area (Å²) in [4.78, 5) is 35.8. The molecule has 128 valence electrons. The molecule has 26 heavy (non-hydrogen) atoms. The molecular formula is C22H16O4. The number of benzene rings is 3. The fraction of sp³-hybridized carbons (Fsp3) is 0.0455. The molecule has 3 rings (SSSR count). The SMILES string of the molecule is Cc1ccc(C(=O)c2ccc(C(=O)c3ccc(C(=O)O)cc3)cc2)cc1. The topological polar surface area (TPSA) is 71.4 Å².